The van der Waals surface area contributed by atoms with Crippen molar-refractivity contribution >= 4 is 5.91 Å². The average Bonchev–Trinajstić information content (AvgIpc) is 2.20. The first kappa shape index (κ1) is 14.4. The minimum absolute atomic E-state index is 0.0695. The molecule has 2 N–H and O–H groups in total. The number of carbonyl (C=O) groups is 1. The summed E-state index contributed by atoms with van der Waals surface area (Å²) in [6.07, 6.45) is 0.950. The van der Waals surface area contributed by atoms with Crippen molar-refractivity contribution in [3.63, 3.8) is 0 Å². The molecule has 4 nitrogen and oxygen atoms in total. The third-order valence-electron chi connectivity index (χ3n) is 1.84. The summed E-state index contributed by atoms with van der Waals surface area (Å²) >= 11 is 0. The lowest BCUT2D eigenvalue weighted by molar-refractivity contribution is -0.120. The minimum Gasteiger partial charge on any atom is -0.382 e. The predicted octanol–water partition coefficient (Wildman–Crippen LogP) is 0.775. The number of hydrogen-bond donors (Lipinski definition) is 2. The fraction of sp³-hybridized carbons (Fsp3) is 0.909. The van der Waals surface area contributed by atoms with Crippen molar-refractivity contribution < 1.29 is 9.53 Å². The predicted molar refractivity (Wildman–Crippen MR) is 61.8 cm³/mol. The van der Waals surface area contributed by atoms with E-state index in [1.54, 1.807) is 0 Å². The van der Waals surface area contributed by atoms with Gasteiger partial charge in [0.15, 0.2) is 0 Å². The first-order valence-corrected chi connectivity index (χ1v) is 5.72. The topological polar surface area (TPSA) is 50.4 Å². The van der Waals surface area contributed by atoms with Crippen LogP contribution in [0.15, 0.2) is 0 Å². The molecular weight excluding hydrogens is 192 g/mol. The van der Waals surface area contributed by atoms with E-state index in [0.29, 0.717) is 12.5 Å². The molecule has 0 bridgehead atoms. The number of ether oxygens (including phenoxy) is 1. The monoisotopic (exact) mass is 216 g/mol. The van der Waals surface area contributed by atoms with E-state index in [1.807, 2.05) is 6.92 Å². The molecule has 0 heterocycles. The Bertz CT molecular complexity index is 161. The molecule has 1 amide bonds. The largest absolute Gasteiger partial charge is 0.382 e. The maximum absolute atomic E-state index is 11.2. The van der Waals surface area contributed by atoms with E-state index in [9.17, 15) is 4.79 Å². The van der Waals surface area contributed by atoms with E-state index in [-0.39, 0.29) is 5.91 Å². The average molecular weight is 216 g/mol. The van der Waals surface area contributed by atoms with Crippen molar-refractivity contribution in [3.8, 4) is 0 Å². The van der Waals surface area contributed by atoms with Gasteiger partial charge in [-0.15, -0.1) is 0 Å². The summed E-state index contributed by atoms with van der Waals surface area (Å²) in [6.45, 7) is 9.64. The second-order valence-electron chi connectivity index (χ2n) is 3.93. The van der Waals surface area contributed by atoms with Crippen LogP contribution in [0.5, 0.6) is 0 Å². The Morgan fingerprint density at radius 1 is 1.40 bits per heavy atom. The normalized spacial score (nSPS) is 10.7. The summed E-state index contributed by atoms with van der Waals surface area (Å²) in [6, 6.07) is 0. The van der Waals surface area contributed by atoms with Gasteiger partial charge in [0.1, 0.15) is 0 Å². The summed E-state index contributed by atoms with van der Waals surface area (Å²) in [7, 11) is 0. The fourth-order valence-corrected chi connectivity index (χ4v) is 1.03. The van der Waals surface area contributed by atoms with Crippen LogP contribution in [0.25, 0.3) is 0 Å². The number of carbonyl (C=O) groups excluding carboxylic acids is 1. The Balaban J connectivity index is 3.17. The number of hydrogen-bond acceptors (Lipinski definition) is 3. The Morgan fingerprint density at radius 3 is 2.73 bits per heavy atom. The van der Waals surface area contributed by atoms with Crippen LogP contribution >= 0.6 is 0 Å². The Labute approximate surface area is 92.8 Å². The van der Waals surface area contributed by atoms with Gasteiger partial charge in [0, 0.05) is 19.8 Å². The molecule has 4 heteroatoms. The Hall–Kier alpha value is -0.610. The lowest BCUT2D eigenvalue weighted by Gasteiger charge is -2.08. The van der Waals surface area contributed by atoms with Crippen molar-refractivity contribution in [2.45, 2.75) is 27.2 Å². The standard InChI is InChI=1S/C11H24N2O2/c1-4-15-7-5-6-12-9-11(14)13-8-10(2)3/h10,12H,4-9H2,1-3H3,(H,13,14). The van der Waals surface area contributed by atoms with Crippen molar-refractivity contribution in [2.75, 3.05) is 32.8 Å². The molecule has 15 heavy (non-hydrogen) atoms. The van der Waals surface area contributed by atoms with Gasteiger partial charge in [0.05, 0.1) is 6.54 Å². The summed E-state index contributed by atoms with van der Waals surface area (Å²) in [4.78, 5) is 11.2. The molecule has 0 aromatic heterocycles. The Morgan fingerprint density at radius 2 is 2.13 bits per heavy atom. The molecule has 0 aliphatic rings. The molecule has 0 aromatic carbocycles. The smallest absolute Gasteiger partial charge is 0.233 e. The summed E-state index contributed by atoms with van der Waals surface area (Å²) in [5, 5.41) is 5.93. The molecule has 0 atom stereocenters. The van der Waals surface area contributed by atoms with Crippen LogP contribution in [0.3, 0.4) is 0 Å². The second-order valence-corrected chi connectivity index (χ2v) is 3.93. The molecule has 0 aromatic rings. The molecule has 0 aliphatic carbocycles. The molecule has 0 saturated heterocycles. The van der Waals surface area contributed by atoms with E-state index in [0.717, 1.165) is 32.7 Å². The van der Waals surface area contributed by atoms with E-state index in [2.05, 4.69) is 24.5 Å². The maximum atomic E-state index is 11.2. The van der Waals surface area contributed by atoms with Crippen molar-refractivity contribution in [2.24, 2.45) is 5.92 Å². The van der Waals surface area contributed by atoms with Gasteiger partial charge in [0.2, 0.25) is 5.91 Å². The van der Waals surface area contributed by atoms with Gasteiger partial charge in [-0.1, -0.05) is 13.8 Å². The number of amides is 1. The lowest BCUT2D eigenvalue weighted by atomic mass is 10.2. The molecule has 0 aliphatic heterocycles. The zero-order valence-electron chi connectivity index (χ0n) is 10.1. The molecule has 0 rings (SSSR count). The van der Waals surface area contributed by atoms with Gasteiger partial charge < -0.3 is 15.4 Å². The van der Waals surface area contributed by atoms with E-state index >= 15 is 0 Å². The van der Waals surface area contributed by atoms with Crippen LogP contribution in [-0.4, -0.2) is 38.8 Å². The first-order valence-electron chi connectivity index (χ1n) is 5.72. The molecule has 0 radical (unpaired) electrons. The summed E-state index contributed by atoms with van der Waals surface area (Å²) in [5.41, 5.74) is 0. The highest BCUT2D eigenvalue weighted by Crippen LogP contribution is 1.86. The second kappa shape index (κ2) is 9.93. The summed E-state index contributed by atoms with van der Waals surface area (Å²) in [5.74, 6) is 0.576. The van der Waals surface area contributed by atoms with E-state index in [4.69, 9.17) is 4.74 Å². The van der Waals surface area contributed by atoms with Gasteiger partial charge in [0.25, 0.3) is 0 Å². The zero-order chi connectivity index (χ0) is 11.5. The molecule has 0 saturated carbocycles. The lowest BCUT2D eigenvalue weighted by Crippen LogP contribution is -2.36. The SMILES string of the molecule is CCOCCCNCC(=O)NCC(C)C. The van der Waals surface area contributed by atoms with Crippen LogP contribution in [0.2, 0.25) is 0 Å². The van der Waals surface area contributed by atoms with Crippen molar-refractivity contribution in [1.82, 2.24) is 10.6 Å². The van der Waals surface area contributed by atoms with Crippen LogP contribution in [-0.2, 0) is 9.53 Å². The number of rotatable bonds is 9. The highest BCUT2D eigenvalue weighted by atomic mass is 16.5. The van der Waals surface area contributed by atoms with Gasteiger partial charge in [-0.25, -0.2) is 0 Å². The van der Waals surface area contributed by atoms with Crippen LogP contribution in [0.4, 0.5) is 0 Å². The van der Waals surface area contributed by atoms with Crippen LogP contribution in [0, 0.1) is 5.92 Å². The fourth-order valence-electron chi connectivity index (χ4n) is 1.03. The molecule has 0 unspecified atom stereocenters. The third-order valence-corrected chi connectivity index (χ3v) is 1.84. The third kappa shape index (κ3) is 11.3. The van der Waals surface area contributed by atoms with E-state index in [1.165, 1.54) is 0 Å². The van der Waals surface area contributed by atoms with Gasteiger partial charge in [-0.3, -0.25) is 4.79 Å². The van der Waals surface area contributed by atoms with Crippen LogP contribution < -0.4 is 10.6 Å². The van der Waals surface area contributed by atoms with Gasteiger partial charge >= 0.3 is 0 Å². The van der Waals surface area contributed by atoms with Crippen LogP contribution in [0.1, 0.15) is 27.2 Å². The van der Waals surface area contributed by atoms with Gasteiger partial charge in [-0.2, -0.15) is 0 Å². The van der Waals surface area contributed by atoms with Crippen molar-refractivity contribution in [3.05, 3.63) is 0 Å². The minimum atomic E-state index is 0.0695. The number of nitrogens with one attached hydrogen (secondary N) is 2. The maximum Gasteiger partial charge on any atom is 0.233 e. The highest BCUT2D eigenvalue weighted by Gasteiger charge is 2.00. The molecule has 0 spiro atoms. The Kier molecular flexibility index (Phi) is 9.52. The zero-order valence-corrected chi connectivity index (χ0v) is 10.1. The van der Waals surface area contributed by atoms with Crippen molar-refractivity contribution in [1.29, 1.82) is 0 Å². The molecular formula is C11H24N2O2. The van der Waals surface area contributed by atoms with Gasteiger partial charge in [-0.05, 0) is 25.8 Å². The summed E-state index contributed by atoms with van der Waals surface area (Å²) < 4.78 is 5.18. The quantitative estimate of drug-likeness (QED) is 0.560. The first-order chi connectivity index (χ1) is 7.16. The highest BCUT2D eigenvalue weighted by molar-refractivity contribution is 5.77. The molecule has 0 fully saturated rings. The van der Waals surface area contributed by atoms with E-state index < -0.39 is 0 Å². The molecule has 90 valence electrons.